The van der Waals surface area contributed by atoms with E-state index in [0.29, 0.717) is 60.9 Å². The van der Waals surface area contributed by atoms with E-state index in [2.05, 4.69) is 25.8 Å². The monoisotopic (exact) mass is 554 g/mol. The fourth-order valence-corrected chi connectivity index (χ4v) is 3.75. The number of aromatic nitrogens is 2. The van der Waals surface area contributed by atoms with Crippen molar-refractivity contribution in [3.8, 4) is 0 Å². The largest absolute Gasteiger partial charge is 0.511 e. The quantitative estimate of drug-likeness (QED) is 0.300. The Morgan fingerprint density at radius 3 is 2.48 bits per heavy atom. The molecule has 0 aliphatic carbocycles. The van der Waals surface area contributed by atoms with Crippen LogP contribution in [0.1, 0.15) is 31.5 Å². The summed E-state index contributed by atoms with van der Waals surface area (Å²) in [7, 11) is -5.25. The van der Waals surface area contributed by atoms with Gasteiger partial charge in [0.15, 0.2) is 11.8 Å². The van der Waals surface area contributed by atoms with Crippen molar-refractivity contribution < 1.29 is 26.1 Å². The summed E-state index contributed by atoms with van der Waals surface area (Å²) in [6, 6.07) is 0. The maximum absolute atomic E-state index is 12.6. The number of sulfonamides is 1. The second-order valence-corrected chi connectivity index (χ2v) is 8.35. The van der Waals surface area contributed by atoms with Crippen LogP contribution in [0.3, 0.4) is 0 Å². The number of nitrogens with zero attached hydrogens (tertiary/aromatic N) is 4. The number of guanidine groups is 1. The van der Waals surface area contributed by atoms with Crippen molar-refractivity contribution in [3.63, 3.8) is 0 Å². The predicted octanol–water partition coefficient (Wildman–Crippen LogP) is 1.66. The van der Waals surface area contributed by atoms with Gasteiger partial charge in [-0.1, -0.05) is 5.16 Å². The first-order valence-electron chi connectivity index (χ1n) is 9.01. The van der Waals surface area contributed by atoms with E-state index in [1.165, 1.54) is 0 Å². The third kappa shape index (κ3) is 7.55. The second-order valence-electron chi connectivity index (χ2n) is 6.42. The number of alkyl halides is 3. The third-order valence-electron chi connectivity index (χ3n) is 4.26. The highest BCUT2D eigenvalue weighted by Gasteiger charge is 2.50. The molecular formula is C15H26F3IN6O3S. The minimum atomic E-state index is -5.25. The zero-order valence-corrected chi connectivity index (χ0v) is 19.3. The molecule has 0 unspecified atom stereocenters. The van der Waals surface area contributed by atoms with Crippen molar-refractivity contribution in [1.29, 1.82) is 0 Å². The van der Waals surface area contributed by atoms with Gasteiger partial charge in [0.25, 0.3) is 0 Å². The first kappa shape index (κ1) is 25.9. The van der Waals surface area contributed by atoms with Crippen LogP contribution in [0.4, 0.5) is 13.2 Å². The molecule has 1 fully saturated rings. The van der Waals surface area contributed by atoms with Crippen LogP contribution in [0, 0.1) is 12.8 Å². The Labute approximate surface area is 185 Å². The van der Waals surface area contributed by atoms with E-state index < -0.39 is 15.5 Å². The number of halogens is 4. The first-order valence-corrected chi connectivity index (χ1v) is 10.4. The van der Waals surface area contributed by atoms with E-state index in [1.54, 1.807) is 6.92 Å². The zero-order chi connectivity index (χ0) is 20.8. The van der Waals surface area contributed by atoms with Gasteiger partial charge in [0.2, 0.25) is 5.89 Å². The molecule has 1 aliphatic heterocycles. The molecule has 29 heavy (non-hydrogen) atoms. The summed E-state index contributed by atoms with van der Waals surface area (Å²) in [5, 5.41) is 9.92. The average molecular weight is 554 g/mol. The smallest absolute Gasteiger partial charge is 0.357 e. The molecule has 0 spiro atoms. The molecule has 1 saturated heterocycles. The zero-order valence-electron chi connectivity index (χ0n) is 16.2. The molecule has 2 rings (SSSR count). The molecule has 9 nitrogen and oxygen atoms in total. The van der Waals surface area contributed by atoms with Gasteiger partial charge in [-0.05, 0) is 32.6 Å². The number of nitrogens with one attached hydrogen (secondary N) is 2. The van der Waals surface area contributed by atoms with Crippen LogP contribution in [0.15, 0.2) is 9.52 Å². The summed E-state index contributed by atoms with van der Waals surface area (Å²) in [5.74, 6) is 1.67. The highest BCUT2D eigenvalue weighted by Crippen LogP contribution is 2.30. The summed E-state index contributed by atoms with van der Waals surface area (Å²) in [5.41, 5.74) is -5.25. The van der Waals surface area contributed by atoms with Crippen molar-refractivity contribution in [1.82, 2.24) is 25.1 Å². The molecule has 0 amide bonds. The van der Waals surface area contributed by atoms with Crippen LogP contribution < -0.4 is 10.6 Å². The lowest BCUT2D eigenvalue weighted by Gasteiger charge is -2.30. The lowest BCUT2D eigenvalue weighted by molar-refractivity contribution is -0.0496. The van der Waals surface area contributed by atoms with Gasteiger partial charge in [-0.25, -0.2) is 8.42 Å². The Kier molecular flexibility index (Phi) is 10.1. The molecule has 0 radical (unpaired) electrons. The van der Waals surface area contributed by atoms with E-state index in [-0.39, 0.29) is 43.0 Å². The molecule has 168 valence electrons. The number of piperidine rings is 1. The van der Waals surface area contributed by atoms with Crippen molar-refractivity contribution in [2.75, 3.05) is 32.7 Å². The molecule has 1 aromatic rings. The van der Waals surface area contributed by atoms with Crippen LogP contribution in [0.25, 0.3) is 0 Å². The summed E-state index contributed by atoms with van der Waals surface area (Å²) in [4.78, 5) is 8.55. The van der Waals surface area contributed by atoms with Gasteiger partial charge in [-0.2, -0.15) is 22.5 Å². The van der Waals surface area contributed by atoms with Crippen molar-refractivity contribution in [2.24, 2.45) is 10.9 Å². The lowest BCUT2D eigenvalue weighted by atomic mass is 9.98. The Hall–Kier alpha value is -1.16. The third-order valence-corrected chi connectivity index (χ3v) is 5.89. The molecule has 2 N–H and O–H groups in total. The van der Waals surface area contributed by atoms with Crippen molar-refractivity contribution in [3.05, 3.63) is 11.7 Å². The summed E-state index contributed by atoms with van der Waals surface area (Å²) >= 11 is 0. The summed E-state index contributed by atoms with van der Waals surface area (Å²) < 4.78 is 66.2. The molecule has 1 aliphatic rings. The van der Waals surface area contributed by atoms with E-state index in [4.69, 9.17) is 4.52 Å². The minimum Gasteiger partial charge on any atom is -0.357 e. The lowest BCUT2D eigenvalue weighted by Crippen LogP contribution is -2.45. The number of rotatable bonds is 7. The number of hydrogen-bond donors (Lipinski definition) is 2. The Morgan fingerprint density at radius 2 is 1.97 bits per heavy atom. The number of aryl methyl sites for hydroxylation is 1. The van der Waals surface area contributed by atoms with Crippen LogP contribution in [-0.2, 0) is 16.4 Å². The van der Waals surface area contributed by atoms with Crippen molar-refractivity contribution in [2.45, 2.75) is 38.6 Å². The highest BCUT2D eigenvalue weighted by molar-refractivity contribution is 14.0. The molecule has 1 aromatic heterocycles. The summed E-state index contributed by atoms with van der Waals surface area (Å²) in [6.45, 7) is 4.92. The second kappa shape index (κ2) is 11.3. The van der Waals surface area contributed by atoms with Gasteiger partial charge in [0, 0.05) is 39.1 Å². The molecular weight excluding hydrogens is 528 g/mol. The number of aliphatic imine (C=N–C) groups is 1. The first-order chi connectivity index (χ1) is 13.1. The standard InChI is InChI=1S/C15H25F3N6O3S.HI/c1-3-19-14(20-7-4-13-22-11(2)23-27-13)21-10-12-5-8-24(9-6-12)28(25,26)15(16,17)18;/h12H,3-10H2,1-2H3,(H2,19,20,21);1H. The molecule has 0 saturated carbocycles. The van der Waals surface area contributed by atoms with Gasteiger partial charge in [0.05, 0.1) is 0 Å². The van der Waals surface area contributed by atoms with Gasteiger partial charge in [-0.15, -0.1) is 24.0 Å². The van der Waals surface area contributed by atoms with Crippen LogP contribution in [-0.4, -0.2) is 67.1 Å². The molecule has 0 aromatic carbocycles. The fourth-order valence-electron chi connectivity index (χ4n) is 2.77. The van der Waals surface area contributed by atoms with Gasteiger partial charge >= 0.3 is 15.5 Å². The molecule has 14 heteroatoms. The average Bonchev–Trinajstić information content (AvgIpc) is 3.04. The van der Waals surface area contributed by atoms with Gasteiger partial charge in [0.1, 0.15) is 0 Å². The van der Waals surface area contributed by atoms with Crippen LogP contribution in [0.2, 0.25) is 0 Å². The van der Waals surface area contributed by atoms with Gasteiger partial charge < -0.3 is 15.2 Å². The Balaban J connectivity index is 0.00000420. The fraction of sp³-hybridized carbons (Fsp3) is 0.800. The normalized spacial score (nSPS) is 17.1. The topological polar surface area (TPSA) is 113 Å². The van der Waals surface area contributed by atoms with Crippen LogP contribution in [0.5, 0.6) is 0 Å². The Bertz CT molecular complexity index is 764. The molecule has 0 bridgehead atoms. The molecule has 2 heterocycles. The van der Waals surface area contributed by atoms with E-state index >= 15 is 0 Å². The van der Waals surface area contributed by atoms with Crippen LogP contribution >= 0.6 is 24.0 Å². The van der Waals surface area contributed by atoms with Crippen molar-refractivity contribution >= 4 is 40.0 Å². The van der Waals surface area contributed by atoms with E-state index in [0.717, 1.165) is 0 Å². The molecule has 0 atom stereocenters. The minimum absolute atomic E-state index is 0. The maximum atomic E-state index is 12.6. The SMILES string of the molecule is CCNC(=NCC1CCN(S(=O)(=O)C(F)(F)F)CC1)NCCc1nc(C)no1.I. The Morgan fingerprint density at radius 1 is 1.31 bits per heavy atom. The highest BCUT2D eigenvalue weighted by atomic mass is 127. The van der Waals surface area contributed by atoms with E-state index in [1.807, 2.05) is 6.92 Å². The maximum Gasteiger partial charge on any atom is 0.511 e. The predicted molar refractivity (Wildman–Crippen MR) is 111 cm³/mol. The number of hydrogen-bond acceptors (Lipinski definition) is 6. The van der Waals surface area contributed by atoms with E-state index in [9.17, 15) is 21.6 Å². The summed E-state index contributed by atoms with van der Waals surface area (Å²) in [6.07, 6.45) is 1.19. The van der Waals surface area contributed by atoms with Gasteiger partial charge in [-0.3, -0.25) is 4.99 Å².